The molecular weight excluding hydrogens is 294 g/mol. The topological polar surface area (TPSA) is 120 Å². The molecule has 0 radical (unpaired) electrons. The summed E-state index contributed by atoms with van der Waals surface area (Å²) in [6.07, 6.45) is -1.70. The number of benzene rings is 1. The van der Waals surface area contributed by atoms with Gasteiger partial charge in [0.15, 0.2) is 0 Å². The molecule has 0 unspecified atom stereocenters. The van der Waals surface area contributed by atoms with Gasteiger partial charge in [-0.25, -0.2) is 9.59 Å². The normalized spacial score (nSPS) is 10.7. The SMILES string of the molecule is CCOC(=O)N=C(NC(=O)OCC)c1ccc([N+](=O)[O-])cc1. The van der Waals surface area contributed by atoms with E-state index in [0.29, 0.717) is 5.56 Å². The lowest BCUT2D eigenvalue weighted by Crippen LogP contribution is -2.32. The van der Waals surface area contributed by atoms with Gasteiger partial charge in [0.05, 0.1) is 18.1 Å². The number of nitrogens with zero attached hydrogens (tertiary/aromatic N) is 2. The Morgan fingerprint density at radius 2 is 1.77 bits per heavy atom. The minimum atomic E-state index is -0.896. The molecule has 1 aromatic carbocycles. The lowest BCUT2D eigenvalue weighted by molar-refractivity contribution is -0.384. The number of hydrogen-bond acceptors (Lipinski definition) is 6. The van der Waals surface area contributed by atoms with Crippen LogP contribution in [0.2, 0.25) is 0 Å². The van der Waals surface area contributed by atoms with Crippen molar-refractivity contribution >= 4 is 23.7 Å². The molecule has 0 saturated heterocycles. The maximum absolute atomic E-state index is 11.5. The van der Waals surface area contributed by atoms with Gasteiger partial charge in [-0.3, -0.25) is 15.4 Å². The predicted octanol–water partition coefficient (Wildman–Crippen LogP) is 2.24. The van der Waals surface area contributed by atoms with Crippen LogP contribution >= 0.6 is 0 Å². The molecule has 0 aliphatic rings. The van der Waals surface area contributed by atoms with E-state index in [1.54, 1.807) is 13.8 Å². The van der Waals surface area contributed by atoms with E-state index in [2.05, 4.69) is 15.0 Å². The van der Waals surface area contributed by atoms with Crippen LogP contribution in [0.1, 0.15) is 19.4 Å². The number of non-ortho nitro benzene ring substituents is 1. The van der Waals surface area contributed by atoms with Gasteiger partial charge in [0.2, 0.25) is 0 Å². The molecule has 22 heavy (non-hydrogen) atoms. The highest BCUT2D eigenvalue weighted by Crippen LogP contribution is 2.12. The minimum Gasteiger partial charge on any atom is -0.450 e. The highest BCUT2D eigenvalue weighted by molar-refractivity contribution is 6.09. The molecule has 118 valence electrons. The zero-order chi connectivity index (χ0) is 16.5. The molecular formula is C13H15N3O6. The smallest absolute Gasteiger partial charge is 0.435 e. The number of alkyl carbamates (subject to hydrolysis) is 1. The Hall–Kier alpha value is -2.97. The number of hydrogen-bond donors (Lipinski definition) is 1. The van der Waals surface area contributed by atoms with Crippen molar-refractivity contribution in [1.82, 2.24) is 5.32 Å². The molecule has 0 aromatic heterocycles. The summed E-state index contributed by atoms with van der Waals surface area (Å²) in [5, 5.41) is 12.9. The lowest BCUT2D eigenvalue weighted by Gasteiger charge is -2.08. The third kappa shape index (κ3) is 5.19. The van der Waals surface area contributed by atoms with E-state index in [1.165, 1.54) is 24.3 Å². The van der Waals surface area contributed by atoms with E-state index in [-0.39, 0.29) is 24.7 Å². The number of nitro groups is 1. The standard InChI is InChI=1S/C13H15N3O6/c1-3-21-12(17)14-11(15-13(18)22-4-2)9-5-7-10(8-6-9)16(19)20/h5-8H,3-4H2,1-2H3,(H,14,15,17,18). The van der Waals surface area contributed by atoms with Crippen molar-refractivity contribution in [1.29, 1.82) is 0 Å². The van der Waals surface area contributed by atoms with Crippen LogP contribution in [-0.2, 0) is 9.47 Å². The van der Waals surface area contributed by atoms with Gasteiger partial charge in [-0.1, -0.05) is 0 Å². The third-order valence-corrected chi connectivity index (χ3v) is 2.32. The molecule has 0 aliphatic carbocycles. The summed E-state index contributed by atoms with van der Waals surface area (Å²) < 4.78 is 9.38. The van der Waals surface area contributed by atoms with Crippen LogP contribution in [0.3, 0.4) is 0 Å². The Kier molecular flexibility index (Phi) is 6.48. The Morgan fingerprint density at radius 1 is 1.18 bits per heavy atom. The molecule has 1 rings (SSSR count). The van der Waals surface area contributed by atoms with Gasteiger partial charge in [-0.05, 0) is 26.0 Å². The Balaban J connectivity index is 3.05. The first-order chi connectivity index (χ1) is 10.5. The summed E-state index contributed by atoms with van der Waals surface area (Å²) in [4.78, 5) is 36.6. The summed E-state index contributed by atoms with van der Waals surface area (Å²) in [5.41, 5.74) is 0.169. The van der Waals surface area contributed by atoms with Gasteiger partial charge in [-0.15, -0.1) is 0 Å². The summed E-state index contributed by atoms with van der Waals surface area (Å²) in [6, 6.07) is 5.15. The first kappa shape index (κ1) is 17.1. The van der Waals surface area contributed by atoms with Crippen LogP contribution in [0, 0.1) is 10.1 Å². The molecule has 0 heterocycles. The van der Waals surface area contributed by atoms with Crippen molar-refractivity contribution in [2.75, 3.05) is 13.2 Å². The first-order valence-electron chi connectivity index (χ1n) is 6.42. The fourth-order valence-corrected chi connectivity index (χ4v) is 1.42. The zero-order valence-electron chi connectivity index (χ0n) is 12.1. The second-order valence-electron chi connectivity index (χ2n) is 3.81. The highest BCUT2D eigenvalue weighted by Gasteiger charge is 2.13. The number of rotatable bonds is 4. The van der Waals surface area contributed by atoms with Crippen molar-refractivity contribution in [3.8, 4) is 0 Å². The van der Waals surface area contributed by atoms with Gasteiger partial charge < -0.3 is 9.47 Å². The number of carbonyl (C=O) groups excluding carboxylic acids is 2. The predicted molar refractivity (Wildman–Crippen MR) is 76.8 cm³/mol. The molecule has 0 fully saturated rings. The molecule has 0 bridgehead atoms. The molecule has 0 spiro atoms. The second kappa shape index (κ2) is 8.35. The fraction of sp³-hybridized carbons (Fsp3) is 0.308. The molecule has 0 saturated carbocycles. The number of ether oxygens (including phenoxy) is 2. The summed E-state index contributed by atoms with van der Waals surface area (Å²) in [6.45, 7) is 3.49. The van der Waals surface area contributed by atoms with Crippen LogP contribution in [0.4, 0.5) is 15.3 Å². The van der Waals surface area contributed by atoms with Gasteiger partial charge in [-0.2, -0.15) is 4.99 Å². The molecule has 0 aliphatic heterocycles. The monoisotopic (exact) mass is 309 g/mol. The Morgan fingerprint density at radius 3 is 2.27 bits per heavy atom. The van der Waals surface area contributed by atoms with Crippen molar-refractivity contribution < 1.29 is 24.0 Å². The third-order valence-electron chi connectivity index (χ3n) is 2.32. The number of amidine groups is 1. The fourth-order valence-electron chi connectivity index (χ4n) is 1.42. The van der Waals surface area contributed by atoms with Crippen LogP contribution < -0.4 is 5.32 Å². The number of nitro benzene ring substituents is 1. The quantitative estimate of drug-likeness (QED) is 0.394. The average Bonchev–Trinajstić information content (AvgIpc) is 2.47. The largest absolute Gasteiger partial charge is 0.450 e. The minimum absolute atomic E-state index is 0.119. The number of amides is 2. The number of aliphatic imine (C=N–C) groups is 1. The maximum atomic E-state index is 11.5. The molecule has 9 heteroatoms. The highest BCUT2D eigenvalue weighted by atomic mass is 16.6. The van der Waals surface area contributed by atoms with E-state index >= 15 is 0 Å². The Bertz CT molecular complexity index is 582. The Labute approximate surface area is 126 Å². The summed E-state index contributed by atoms with van der Waals surface area (Å²) in [7, 11) is 0. The van der Waals surface area contributed by atoms with E-state index in [9.17, 15) is 19.7 Å². The number of nitrogens with one attached hydrogen (secondary N) is 1. The van der Waals surface area contributed by atoms with Crippen molar-refractivity contribution in [3.63, 3.8) is 0 Å². The first-order valence-corrected chi connectivity index (χ1v) is 6.42. The zero-order valence-corrected chi connectivity index (χ0v) is 12.1. The number of carbonyl (C=O) groups is 2. The van der Waals surface area contributed by atoms with Crippen molar-refractivity contribution in [3.05, 3.63) is 39.9 Å². The van der Waals surface area contributed by atoms with Crippen LogP contribution in [0.15, 0.2) is 29.3 Å². The lowest BCUT2D eigenvalue weighted by atomic mass is 10.2. The van der Waals surface area contributed by atoms with Crippen LogP contribution in [0.5, 0.6) is 0 Å². The van der Waals surface area contributed by atoms with E-state index < -0.39 is 17.1 Å². The maximum Gasteiger partial charge on any atom is 0.435 e. The van der Waals surface area contributed by atoms with Gasteiger partial charge in [0.25, 0.3) is 5.69 Å². The van der Waals surface area contributed by atoms with Gasteiger partial charge >= 0.3 is 12.2 Å². The molecule has 9 nitrogen and oxygen atoms in total. The van der Waals surface area contributed by atoms with Gasteiger partial charge in [0.1, 0.15) is 5.84 Å². The van der Waals surface area contributed by atoms with Crippen molar-refractivity contribution in [2.45, 2.75) is 13.8 Å². The van der Waals surface area contributed by atoms with E-state index in [4.69, 9.17) is 4.74 Å². The second-order valence-corrected chi connectivity index (χ2v) is 3.81. The van der Waals surface area contributed by atoms with Crippen LogP contribution in [-0.4, -0.2) is 36.2 Å². The molecule has 1 aromatic rings. The van der Waals surface area contributed by atoms with Gasteiger partial charge in [0, 0.05) is 17.7 Å². The molecule has 2 amide bonds. The molecule has 1 N–H and O–H groups in total. The van der Waals surface area contributed by atoms with Crippen LogP contribution in [0.25, 0.3) is 0 Å². The van der Waals surface area contributed by atoms with E-state index in [1.807, 2.05) is 0 Å². The summed E-state index contributed by atoms with van der Waals surface area (Å²) >= 11 is 0. The molecule has 0 atom stereocenters. The van der Waals surface area contributed by atoms with E-state index in [0.717, 1.165) is 0 Å². The van der Waals surface area contributed by atoms with Crippen molar-refractivity contribution in [2.24, 2.45) is 4.99 Å². The summed E-state index contributed by atoms with van der Waals surface area (Å²) in [5.74, 6) is -0.119. The average molecular weight is 309 g/mol.